The molecule has 0 radical (unpaired) electrons. The van der Waals surface area contributed by atoms with Gasteiger partial charge in [0.15, 0.2) is 0 Å². The van der Waals surface area contributed by atoms with Crippen molar-refractivity contribution >= 4 is 17.3 Å². The van der Waals surface area contributed by atoms with E-state index in [1.807, 2.05) is 24.3 Å². The van der Waals surface area contributed by atoms with Crippen molar-refractivity contribution in [3.63, 3.8) is 0 Å². The summed E-state index contributed by atoms with van der Waals surface area (Å²) in [6.07, 6.45) is 7.56. The number of piperazine rings is 1. The van der Waals surface area contributed by atoms with E-state index in [1.54, 1.807) is 7.11 Å². The Kier molecular flexibility index (Phi) is 11.3. The highest BCUT2D eigenvalue weighted by molar-refractivity contribution is 5.90. The van der Waals surface area contributed by atoms with Crippen LogP contribution in [0.1, 0.15) is 48.9 Å². The molecule has 7 heteroatoms. The summed E-state index contributed by atoms with van der Waals surface area (Å²) in [5.41, 5.74) is 5.29. The summed E-state index contributed by atoms with van der Waals surface area (Å²) in [7, 11) is 3.18. The lowest BCUT2D eigenvalue weighted by Gasteiger charge is -2.37. The normalized spacial score (nSPS) is 16.3. The van der Waals surface area contributed by atoms with Gasteiger partial charge in [0.2, 0.25) is 0 Å². The molecule has 43 heavy (non-hydrogen) atoms. The monoisotopic (exact) mass is 585 g/mol. The van der Waals surface area contributed by atoms with E-state index in [0.29, 0.717) is 11.7 Å². The van der Waals surface area contributed by atoms with Gasteiger partial charge in [-0.25, -0.2) is 4.79 Å². The minimum absolute atomic E-state index is 0.312. The Labute approximate surface area is 257 Å². The van der Waals surface area contributed by atoms with Crippen LogP contribution < -0.4 is 14.5 Å². The predicted octanol–water partition coefficient (Wildman–Crippen LogP) is 6.52. The minimum Gasteiger partial charge on any atom is -0.490 e. The predicted molar refractivity (Wildman–Crippen MR) is 175 cm³/mol. The summed E-state index contributed by atoms with van der Waals surface area (Å²) in [5.74, 6) is 0.673. The number of carbonyl (C=O) groups excluding carboxylic acids is 1. The minimum atomic E-state index is -0.312. The van der Waals surface area contributed by atoms with E-state index in [9.17, 15) is 4.79 Å². The van der Waals surface area contributed by atoms with Crippen LogP contribution in [-0.4, -0.2) is 83.6 Å². The van der Waals surface area contributed by atoms with Crippen molar-refractivity contribution < 1.29 is 19.0 Å². The van der Waals surface area contributed by atoms with E-state index in [-0.39, 0.29) is 5.97 Å². The highest BCUT2D eigenvalue weighted by Crippen LogP contribution is 2.27. The summed E-state index contributed by atoms with van der Waals surface area (Å²) >= 11 is 0. The van der Waals surface area contributed by atoms with Crippen LogP contribution in [-0.2, 0) is 9.47 Å². The van der Waals surface area contributed by atoms with Crippen LogP contribution in [0.15, 0.2) is 72.8 Å². The third-order valence-electron chi connectivity index (χ3n) is 8.76. The molecule has 0 amide bonds. The third kappa shape index (κ3) is 8.74. The summed E-state index contributed by atoms with van der Waals surface area (Å²) in [6.45, 7) is 8.31. The number of carbonyl (C=O) groups is 1. The first-order valence-electron chi connectivity index (χ1n) is 15.9. The third-order valence-corrected chi connectivity index (χ3v) is 8.76. The Morgan fingerprint density at radius 3 is 1.77 bits per heavy atom. The van der Waals surface area contributed by atoms with Crippen LogP contribution in [0.4, 0.5) is 11.4 Å². The van der Waals surface area contributed by atoms with Crippen molar-refractivity contribution in [3.8, 4) is 16.9 Å². The summed E-state index contributed by atoms with van der Waals surface area (Å²) in [4.78, 5) is 19.2. The zero-order chi connectivity index (χ0) is 29.9. The molecule has 0 bridgehead atoms. The van der Waals surface area contributed by atoms with Gasteiger partial charge in [-0.05, 0) is 91.9 Å². The van der Waals surface area contributed by atoms with Crippen LogP contribution in [0.25, 0.3) is 11.1 Å². The molecular weight excluding hydrogens is 538 g/mol. The van der Waals surface area contributed by atoms with Gasteiger partial charge in [0, 0.05) is 64.4 Å². The fourth-order valence-corrected chi connectivity index (χ4v) is 6.12. The molecule has 5 rings (SSSR count). The molecule has 3 aromatic carbocycles. The highest BCUT2D eigenvalue weighted by atomic mass is 16.5. The van der Waals surface area contributed by atoms with Crippen LogP contribution in [0.5, 0.6) is 5.75 Å². The van der Waals surface area contributed by atoms with Crippen molar-refractivity contribution in [2.24, 2.45) is 0 Å². The highest BCUT2D eigenvalue weighted by Gasteiger charge is 2.21. The van der Waals surface area contributed by atoms with E-state index in [0.717, 1.165) is 75.6 Å². The number of rotatable bonds is 13. The molecule has 0 saturated carbocycles. The molecule has 2 aliphatic heterocycles. The van der Waals surface area contributed by atoms with Gasteiger partial charge in [-0.2, -0.15) is 0 Å². The van der Waals surface area contributed by atoms with Crippen molar-refractivity contribution in [2.75, 3.05) is 76.4 Å². The van der Waals surface area contributed by atoms with Crippen LogP contribution in [0.3, 0.4) is 0 Å². The molecule has 3 aromatic rings. The number of anilines is 2. The molecule has 0 N–H and O–H groups in total. The second kappa shape index (κ2) is 15.8. The van der Waals surface area contributed by atoms with E-state index < -0.39 is 0 Å². The molecule has 0 aliphatic carbocycles. The van der Waals surface area contributed by atoms with Crippen LogP contribution in [0, 0.1) is 0 Å². The maximum Gasteiger partial charge on any atom is 0.337 e. The number of hydrogen-bond acceptors (Lipinski definition) is 7. The van der Waals surface area contributed by atoms with Crippen LogP contribution >= 0.6 is 0 Å². The smallest absolute Gasteiger partial charge is 0.337 e. The Morgan fingerprint density at radius 2 is 1.21 bits per heavy atom. The Morgan fingerprint density at radius 1 is 0.674 bits per heavy atom. The number of unbranched alkanes of at least 4 members (excludes halogenated alkanes) is 3. The van der Waals surface area contributed by atoms with Gasteiger partial charge in [0.1, 0.15) is 11.9 Å². The first-order chi connectivity index (χ1) is 21.1. The van der Waals surface area contributed by atoms with E-state index in [1.165, 1.54) is 50.7 Å². The van der Waals surface area contributed by atoms with Gasteiger partial charge >= 0.3 is 5.97 Å². The number of likely N-dealkylation sites (tertiary alicyclic amines) is 1. The average molecular weight is 586 g/mol. The van der Waals surface area contributed by atoms with Gasteiger partial charge in [-0.1, -0.05) is 37.1 Å². The lowest BCUT2D eigenvalue weighted by Crippen LogP contribution is -2.46. The number of nitrogens with zero attached hydrogens (tertiary/aromatic N) is 3. The molecule has 2 aliphatic rings. The Balaban J connectivity index is 1.03. The van der Waals surface area contributed by atoms with Crippen molar-refractivity contribution in [2.45, 2.75) is 44.6 Å². The second-order valence-corrected chi connectivity index (χ2v) is 11.6. The number of esters is 1. The molecule has 2 heterocycles. The maximum atomic E-state index is 11.7. The van der Waals surface area contributed by atoms with Gasteiger partial charge in [0.05, 0.1) is 12.7 Å². The molecule has 0 spiro atoms. The maximum absolute atomic E-state index is 11.7. The molecule has 0 aromatic heterocycles. The molecular formula is C36H47N3O4. The van der Waals surface area contributed by atoms with E-state index in [2.05, 4.69) is 63.2 Å². The molecule has 230 valence electrons. The molecule has 0 unspecified atom stereocenters. The van der Waals surface area contributed by atoms with Crippen molar-refractivity contribution in [1.82, 2.24) is 4.90 Å². The van der Waals surface area contributed by atoms with Crippen LogP contribution in [0.2, 0.25) is 0 Å². The molecule has 2 saturated heterocycles. The SMILES string of the molecule is COCCCCCCN1CCC(Oc2ccc(N3CCN(c4ccc(-c5ccc(C(=O)OC)cc5)cc4)CC3)cc2)CC1. The summed E-state index contributed by atoms with van der Waals surface area (Å²) in [5, 5.41) is 0. The van der Waals surface area contributed by atoms with E-state index in [4.69, 9.17) is 14.2 Å². The summed E-state index contributed by atoms with van der Waals surface area (Å²) in [6, 6.07) is 25.0. The average Bonchev–Trinajstić information content (AvgIpc) is 3.07. The number of piperidine rings is 1. The first-order valence-corrected chi connectivity index (χ1v) is 15.9. The Bertz CT molecular complexity index is 1250. The molecule has 7 nitrogen and oxygen atoms in total. The Hall–Kier alpha value is -3.55. The standard InChI is InChI=1S/C36H47N3O4/c1-41-28-6-4-3-5-21-37-22-19-35(20-23-37)43-34-17-15-33(16-18-34)39-26-24-38(25-27-39)32-13-11-30(12-14-32)29-7-9-31(10-8-29)36(40)42-2/h7-18,35H,3-6,19-28H2,1-2H3. The lowest BCUT2D eigenvalue weighted by molar-refractivity contribution is 0.0600. The number of hydrogen-bond donors (Lipinski definition) is 0. The lowest BCUT2D eigenvalue weighted by atomic mass is 10.0. The number of benzene rings is 3. The summed E-state index contributed by atoms with van der Waals surface area (Å²) < 4.78 is 16.3. The number of ether oxygens (including phenoxy) is 3. The second-order valence-electron chi connectivity index (χ2n) is 11.6. The fraction of sp³-hybridized carbons (Fsp3) is 0.472. The topological polar surface area (TPSA) is 54.5 Å². The largest absolute Gasteiger partial charge is 0.490 e. The number of methoxy groups -OCH3 is 2. The van der Waals surface area contributed by atoms with Crippen molar-refractivity contribution in [1.29, 1.82) is 0 Å². The van der Waals surface area contributed by atoms with Gasteiger partial charge in [0.25, 0.3) is 0 Å². The van der Waals surface area contributed by atoms with Gasteiger partial charge in [-0.3, -0.25) is 0 Å². The van der Waals surface area contributed by atoms with Gasteiger partial charge < -0.3 is 28.9 Å². The molecule has 2 fully saturated rings. The zero-order valence-electron chi connectivity index (χ0n) is 25.9. The van der Waals surface area contributed by atoms with Gasteiger partial charge in [-0.15, -0.1) is 0 Å². The first kappa shape index (κ1) is 30.9. The van der Waals surface area contributed by atoms with Crippen molar-refractivity contribution in [3.05, 3.63) is 78.4 Å². The quantitative estimate of drug-likeness (QED) is 0.167. The molecule has 0 atom stereocenters. The van der Waals surface area contributed by atoms with E-state index >= 15 is 0 Å². The zero-order valence-corrected chi connectivity index (χ0v) is 25.9. The fourth-order valence-electron chi connectivity index (χ4n) is 6.12.